The van der Waals surface area contributed by atoms with E-state index in [1.807, 2.05) is 25.7 Å². The van der Waals surface area contributed by atoms with Gasteiger partial charge in [-0.25, -0.2) is 13.6 Å². The number of amides is 1. The summed E-state index contributed by atoms with van der Waals surface area (Å²) in [4.78, 5) is 41.4. The molecule has 47 heavy (non-hydrogen) atoms. The molecule has 1 saturated heterocycles. The predicted octanol–water partition coefficient (Wildman–Crippen LogP) is 6.74. The molecule has 0 radical (unpaired) electrons. The van der Waals surface area contributed by atoms with Crippen LogP contribution >= 0.6 is 34.8 Å². The van der Waals surface area contributed by atoms with E-state index in [-0.39, 0.29) is 61.0 Å². The first kappa shape index (κ1) is 33.0. The second kappa shape index (κ2) is 12.3. The fourth-order valence-corrected chi connectivity index (χ4v) is 7.50. The molecule has 2 N–H and O–H groups in total. The van der Waals surface area contributed by atoms with E-state index in [9.17, 15) is 9.59 Å². The number of hydrogen-bond acceptors (Lipinski definition) is 7. The Balaban J connectivity index is 1.82. The van der Waals surface area contributed by atoms with Crippen molar-refractivity contribution in [3.63, 3.8) is 0 Å². The van der Waals surface area contributed by atoms with Crippen LogP contribution in [0.4, 0.5) is 26.0 Å². The molecule has 1 atom stereocenters. The van der Waals surface area contributed by atoms with Crippen LogP contribution < -0.4 is 21.2 Å². The van der Waals surface area contributed by atoms with E-state index in [4.69, 9.17) is 40.5 Å². The van der Waals surface area contributed by atoms with Crippen molar-refractivity contribution in [1.29, 1.82) is 0 Å². The Morgan fingerprint density at radius 2 is 1.83 bits per heavy atom. The fraction of sp³-hybridized carbons (Fsp3) is 0.333. The standard InChI is InChI=1S/C33H32Cl3F2N7O2/c1-6-20(46)43-11-12-44-17(14-43)8-10-42(5)31-23-30(24(36)21(26(31)38)22-25(37)18(34)13-19(35)27(22)39)45(33(47)41-32(23)44)29-16(4)7-9-40-28(29)15(2)3/h6-7,9,13,15,17H,1,8,10-12,14,39H2,2-5H3. The van der Waals surface area contributed by atoms with E-state index in [2.05, 4.69) is 16.5 Å². The molecule has 1 unspecified atom stereocenters. The number of nitrogens with zero attached hydrogens (tertiary/aromatic N) is 6. The van der Waals surface area contributed by atoms with Crippen LogP contribution in [0.15, 0.2) is 35.8 Å². The van der Waals surface area contributed by atoms with Crippen LogP contribution in [0.1, 0.15) is 37.4 Å². The van der Waals surface area contributed by atoms with Crippen LogP contribution in [-0.4, -0.2) is 64.6 Å². The highest BCUT2D eigenvalue weighted by molar-refractivity contribution is 6.41. The number of aromatic nitrogens is 3. The van der Waals surface area contributed by atoms with Gasteiger partial charge in [0.2, 0.25) is 5.91 Å². The summed E-state index contributed by atoms with van der Waals surface area (Å²) >= 11 is 19.7. The van der Waals surface area contributed by atoms with Crippen molar-refractivity contribution in [1.82, 2.24) is 19.4 Å². The monoisotopic (exact) mass is 701 g/mol. The Kier molecular flexibility index (Phi) is 8.61. The van der Waals surface area contributed by atoms with Gasteiger partial charge in [-0.15, -0.1) is 0 Å². The molecule has 2 aromatic carbocycles. The molecule has 0 saturated carbocycles. The molecule has 4 heterocycles. The summed E-state index contributed by atoms with van der Waals surface area (Å²) in [6.45, 7) is 10.6. The van der Waals surface area contributed by atoms with Gasteiger partial charge in [-0.05, 0) is 43.0 Å². The van der Waals surface area contributed by atoms with Gasteiger partial charge in [0.15, 0.2) is 11.6 Å². The second-order valence-corrected chi connectivity index (χ2v) is 13.3. The van der Waals surface area contributed by atoms with Gasteiger partial charge in [0.05, 0.1) is 48.7 Å². The third-order valence-corrected chi connectivity index (χ3v) is 9.93. The molecule has 9 nitrogen and oxygen atoms in total. The number of nitrogens with two attached hydrogens (primary N) is 1. The van der Waals surface area contributed by atoms with Crippen molar-refractivity contribution < 1.29 is 13.6 Å². The van der Waals surface area contributed by atoms with Crippen molar-refractivity contribution in [3.05, 3.63) is 79.4 Å². The van der Waals surface area contributed by atoms with E-state index < -0.39 is 28.5 Å². The maximum Gasteiger partial charge on any atom is 0.354 e. The van der Waals surface area contributed by atoms with Gasteiger partial charge in [0.25, 0.3) is 0 Å². The number of aryl methyl sites for hydroxylation is 1. The van der Waals surface area contributed by atoms with E-state index in [0.717, 1.165) is 6.07 Å². The number of fused-ring (bicyclic) bond motifs is 2. The van der Waals surface area contributed by atoms with Crippen LogP contribution in [0.3, 0.4) is 0 Å². The number of hydrogen-bond donors (Lipinski definition) is 1. The number of halogens is 5. The second-order valence-electron chi connectivity index (χ2n) is 12.1. The lowest BCUT2D eigenvalue weighted by atomic mass is 9.95. The molecule has 246 valence electrons. The molecule has 0 aliphatic carbocycles. The lowest BCUT2D eigenvalue weighted by Crippen LogP contribution is -2.56. The van der Waals surface area contributed by atoms with Crippen LogP contribution in [0.5, 0.6) is 0 Å². The lowest BCUT2D eigenvalue weighted by molar-refractivity contribution is -0.126. The number of pyridine rings is 1. The SMILES string of the molecule is C=CC(=O)N1CCN2c3nc(=O)n(-c4c(C)ccnc4C(C)C)c4c(Cl)c(-c5c(N)c(Cl)cc(Cl)c5F)c(F)c(c34)N(C)CCC2C1. The molecular weight excluding hydrogens is 671 g/mol. The van der Waals surface area contributed by atoms with Gasteiger partial charge in [0, 0.05) is 56.6 Å². The zero-order valence-electron chi connectivity index (χ0n) is 26.2. The number of carbonyl (C=O) groups excluding carboxylic acids is 1. The van der Waals surface area contributed by atoms with Crippen molar-refractivity contribution in [2.24, 2.45) is 0 Å². The molecule has 1 fully saturated rings. The molecule has 4 aromatic rings. The van der Waals surface area contributed by atoms with Gasteiger partial charge in [0.1, 0.15) is 5.82 Å². The van der Waals surface area contributed by atoms with Crippen LogP contribution in [0.2, 0.25) is 15.1 Å². The molecule has 2 aliphatic rings. The molecule has 0 spiro atoms. The van der Waals surface area contributed by atoms with Crippen LogP contribution in [0.25, 0.3) is 27.7 Å². The van der Waals surface area contributed by atoms with Gasteiger partial charge in [-0.1, -0.05) is 55.2 Å². The number of carbonyl (C=O) groups is 1. The first-order valence-corrected chi connectivity index (χ1v) is 16.2. The van der Waals surface area contributed by atoms with Crippen molar-refractivity contribution in [2.75, 3.05) is 48.8 Å². The lowest BCUT2D eigenvalue weighted by Gasteiger charge is -2.44. The topological polar surface area (TPSA) is 101 Å². The van der Waals surface area contributed by atoms with Gasteiger partial charge in [-0.3, -0.25) is 14.3 Å². The summed E-state index contributed by atoms with van der Waals surface area (Å²) < 4.78 is 34.5. The maximum absolute atomic E-state index is 17.3. The van der Waals surface area contributed by atoms with Crippen LogP contribution in [-0.2, 0) is 4.79 Å². The van der Waals surface area contributed by atoms with Gasteiger partial charge in [-0.2, -0.15) is 4.98 Å². The summed E-state index contributed by atoms with van der Waals surface area (Å²) in [7, 11) is 1.69. The third-order valence-electron chi connectivity index (χ3n) is 8.97. The van der Waals surface area contributed by atoms with E-state index in [1.54, 1.807) is 29.1 Å². The van der Waals surface area contributed by atoms with Gasteiger partial charge >= 0.3 is 5.69 Å². The Bertz CT molecular complexity index is 2030. The number of piperazine rings is 1. The smallest absolute Gasteiger partial charge is 0.354 e. The normalized spacial score (nSPS) is 16.4. The first-order valence-electron chi connectivity index (χ1n) is 15.0. The van der Waals surface area contributed by atoms with E-state index in [1.165, 1.54) is 10.6 Å². The predicted molar refractivity (Wildman–Crippen MR) is 185 cm³/mol. The van der Waals surface area contributed by atoms with Crippen molar-refractivity contribution in [2.45, 2.75) is 39.2 Å². The summed E-state index contributed by atoms with van der Waals surface area (Å²) in [5.74, 6) is -2.03. The largest absolute Gasteiger partial charge is 0.397 e. The van der Waals surface area contributed by atoms with E-state index in [0.29, 0.717) is 49.5 Å². The Morgan fingerprint density at radius 3 is 2.51 bits per heavy atom. The maximum atomic E-state index is 17.3. The summed E-state index contributed by atoms with van der Waals surface area (Å²) in [5, 5.41) is -0.504. The molecule has 14 heteroatoms. The zero-order chi connectivity index (χ0) is 34.1. The number of rotatable bonds is 4. The van der Waals surface area contributed by atoms with Crippen molar-refractivity contribution >= 4 is 68.8 Å². The highest BCUT2D eigenvalue weighted by Crippen LogP contribution is 2.50. The third kappa shape index (κ3) is 5.19. The fourth-order valence-electron chi connectivity index (χ4n) is 6.68. The quantitative estimate of drug-likeness (QED) is 0.143. The van der Waals surface area contributed by atoms with E-state index >= 15 is 8.78 Å². The molecule has 2 aliphatic heterocycles. The van der Waals surface area contributed by atoms with Crippen molar-refractivity contribution in [3.8, 4) is 16.8 Å². The summed E-state index contributed by atoms with van der Waals surface area (Å²) in [5.41, 5.74) is 6.36. The number of nitrogen functional groups attached to an aromatic ring is 1. The highest BCUT2D eigenvalue weighted by atomic mass is 35.5. The molecule has 1 amide bonds. The highest BCUT2D eigenvalue weighted by Gasteiger charge is 2.38. The Labute approximate surface area is 285 Å². The molecule has 6 rings (SSSR count). The molecule has 2 aromatic heterocycles. The molecule has 0 bridgehead atoms. The Hall–Kier alpha value is -3.93. The number of anilines is 3. The molecular formula is C33H32Cl3F2N7O2. The summed E-state index contributed by atoms with van der Waals surface area (Å²) in [6, 6.07) is 2.63. The average Bonchev–Trinajstić information content (AvgIpc) is 3.03. The van der Waals surface area contributed by atoms with Crippen LogP contribution in [0, 0.1) is 18.6 Å². The van der Waals surface area contributed by atoms with Gasteiger partial charge < -0.3 is 20.4 Å². The zero-order valence-corrected chi connectivity index (χ0v) is 28.4. The minimum Gasteiger partial charge on any atom is -0.397 e. The Morgan fingerprint density at radius 1 is 1.11 bits per heavy atom. The summed E-state index contributed by atoms with van der Waals surface area (Å²) in [6.07, 6.45) is 3.40. The number of benzene rings is 2. The first-order chi connectivity index (χ1) is 22.3. The minimum atomic E-state index is -1.01. The minimum absolute atomic E-state index is 0.0428. The average molecular weight is 703 g/mol.